The summed E-state index contributed by atoms with van der Waals surface area (Å²) in [4.78, 5) is 16.7. The summed E-state index contributed by atoms with van der Waals surface area (Å²) in [5.74, 6) is 2.27. The number of quaternary nitrogens is 1. The normalized spacial score (nSPS) is 21.4. The molecule has 2 aliphatic heterocycles. The van der Waals surface area contributed by atoms with Gasteiger partial charge in [0.05, 0.1) is 32.9 Å². The molecule has 5 heteroatoms. The van der Waals surface area contributed by atoms with Crippen molar-refractivity contribution >= 4 is 5.91 Å². The summed E-state index contributed by atoms with van der Waals surface area (Å²) in [7, 11) is 3.40. The van der Waals surface area contributed by atoms with E-state index in [1.165, 1.54) is 21.6 Å². The zero-order valence-electron chi connectivity index (χ0n) is 17.4. The number of hydrogen-bond acceptors (Lipinski definition) is 3. The molecule has 5 nitrogen and oxygen atoms in total. The number of hydrogen-bond donors (Lipinski definition) is 1. The Morgan fingerprint density at radius 3 is 2.55 bits per heavy atom. The van der Waals surface area contributed by atoms with Gasteiger partial charge in [-0.3, -0.25) is 4.79 Å². The average molecular weight is 396 g/mol. The maximum absolute atomic E-state index is 13.1. The summed E-state index contributed by atoms with van der Waals surface area (Å²) >= 11 is 0. The molecular formula is C24H31N2O3+. The molecule has 154 valence electrons. The minimum absolute atomic E-state index is 0.163. The Hall–Kier alpha value is -2.53. The van der Waals surface area contributed by atoms with Crippen molar-refractivity contribution in [1.29, 1.82) is 0 Å². The van der Waals surface area contributed by atoms with Crippen LogP contribution in [0.15, 0.2) is 42.5 Å². The Morgan fingerprint density at radius 2 is 1.83 bits per heavy atom. The first-order chi connectivity index (χ1) is 14.2. The molecule has 0 atom stereocenters. The van der Waals surface area contributed by atoms with Crippen molar-refractivity contribution in [2.45, 2.75) is 32.4 Å². The molecule has 0 radical (unpaired) electrons. The summed E-state index contributed by atoms with van der Waals surface area (Å²) in [5.41, 5.74) is 3.86. The highest BCUT2D eigenvalue weighted by Crippen LogP contribution is 2.25. The largest absolute Gasteiger partial charge is 0.497 e. The lowest BCUT2D eigenvalue weighted by molar-refractivity contribution is -0.919. The molecule has 2 aromatic carbocycles. The van der Waals surface area contributed by atoms with Gasteiger partial charge in [0, 0.05) is 31.8 Å². The minimum Gasteiger partial charge on any atom is -0.497 e. The third-order valence-electron chi connectivity index (χ3n) is 6.41. The second-order valence-electron chi connectivity index (χ2n) is 8.16. The molecule has 1 amide bonds. The molecule has 4 rings (SSSR count). The number of methoxy groups -OCH3 is 2. The van der Waals surface area contributed by atoms with Crippen LogP contribution in [0, 0.1) is 5.92 Å². The zero-order valence-corrected chi connectivity index (χ0v) is 17.4. The standard InChI is InChI=1S/C24H30N2O3/c1-28-22-7-8-23(29-2)21(15-22)16-25-12-9-19(10-13-25)24(27)26-14-11-18-5-3-4-6-20(18)17-26/h3-8,15,19H,9-14,16-17H2,1-2H3/p+1. The van der Waals surface area contributed by atoms with Crippen molar-refractivity contribution in [3.05, 3.63) is 59.2 Å². The predicted molar refractivity (Wildman–Crippen MR) is 112 cm³/mol. The van der Waals surface area contributed by atoms with Crippen molar-refractivity contribution in [3.8, 4) is 11.5 Å². The second-order valence-corrected chi connectivity index (χ2v) is 8.16. The molecule has 0 unspecified atom stereocenters. The molecule has 1 saturated heterocycles. The Morgan fingerprint density at radius 1 is 1.07 bits per heavy atom. The van der Waals surface area contributed by atoms with Crippen LogP contribution in [0.2, 0.25) is 0 Å². The van der Waals surface area contributed by atoms with Crippen LogP contribution in [0.5, 0.6) is 11.5 Å². The van der Waals surface area contributed by atoms with Crippen molar-refractivity contribution in [2.75, 3.05) is 33.9 Å². The number of fused-ring (bicyclic) bond motifs is 1. The third kappa shape index (κ3) is 4.40. The molecule has 2 heterocycles. The molecule has 1 N–H and O–H groups in total. The summed E-state index contributed by atoms with van der Waals surface area (Å²) in [6.45, 7) is 4.55. The SMILES string of the molecule is COc1ccc(OC)c(C[NH+]2CCC(C(=O)N3CCc4ccccc4C3)CC2)c1. The van der Waals surface area contributed by atoms with E-state index in [1.807, 2.05) is 12.1 Å². The predicted octanol–water partition coefficient (Wildman–Crippen LogP) is 2.08. The Labute approximate surface area is 173 Å². The fourth-order valence-corrected chi connectivity index (χ4v) is 4.68. The van der Waals surface area contributed by atoms with E-state index in [-0.39, 0.29) is 5.92 Å². The first kappa shape index (κ1) is 19.8. The van der Waals surface area contributed by atoms with E-state index in [0.717, 1.165) is 63.5 Å². The molecule has 0 spiro atoms. The highest BCUT2D eigenvalue weighted by Gasteiger charge is 2.32. The smallest absolute Gasteiger partial charge is 0.226 e. The van der Waals surface area contributed by atoms with E-state index in [9.17, 15) is 4.79 Å². The summed E-state index contributed by atoms with van der Waals surface area (Å²) < 4.78 is 10.9. The molecular weight excluding hydrogens is 364 g/mol. The zero-order chi connectivity index (χ0) is 20.2. The van der Waals surface area contributed by atoms with Gasteiger partial charge < -0.3 is 19.3 Å². The lowest BCUT2D eigenvalue weighted by Gasteiger charge is -2.35. The van der Waals surface area contributed by atoms with Gasteiger partial charge in [-0.15, -0.1) is 0 Å². The molecule has 1 fully saturated rings. The monoisotopic (exact) mass is 395 g/mol. The number of piperidine rings is 1. The summed E-state index contributed by atoms with van der Waals surface area (Å²) in [5, 5.41) is 0. The van der Waals surface area contributed by atoms with Crippen LogP contribution in [0.1, 0.15) is 29.5 Å². The number of nitrogens with zero attached hydrogens (tertiary/aromatic N) is 1. The van der Waals surface area contributed by atoms with Gasteiger partial charge in [0.1, 0.15) is 18.0 Å². The van der Waals surface area contributed by atoms with Crippen molar-refractivity contribution in [2.24, 2.45) is 5.92 Å². The number of ether oxygens (including phenoxy) is 2. The lowest BCUT2D eigenvalue weighted by atomic mass is 9.93. The Kier molecular flexibility index (Phi) is 6.05. The number of amides is 1. The van der Waals surface area contributed by atoms with Crippen LogP contribution >= 0.6 is 0 Å². The topological polar surface area (TPSA) is 43.2 Å². The molecule has 0 aromatic heterocycles. The second kappa shape index (κ2) is 8.87. The number of rotatable bonds is 5. The first-order valence-electron chi connectivity index (χ1n) is 10.6. The van der Waals surface area contributed by atoms with Crippen molar-refractivity contribution < 1.29 is 19.2 Å². The maximum atomic E-state index is 13.1. The third-order valence-corrected chi connectivity index (χ3v) is 6.41. The van der Waals surface area contributed by atoms with E-state index < -0.39 is 0 Å². The van der Waals surface area contributed by atoms with Gasteiger partial charge in [0.25, 0.3) is 0 Å². The van der Waals surface area contributed by atoms with Gasteiger partial charge in [-0.1, -0.05) is 24.3 Å². The molecule has 0 aliphatic carbocycles. The van der Waals surface area contributed by atoms with E-state index in [2.05, 4.69) is 35.2 Å². The van der Waals surface area contributed by atoms with Gasteiger partial charge in [0.2, 0.25) is 5.91 Å². The summed E-state index contributed by atoms with van der Waals surface area (Å²) in [6, 6.07) is 14.5. The Bertz CT molecular complexity index is 859. The van der Waals surface area contributed by atoms with Gasteiger partial charge in [0.15, 0.2) is 0 Å². The minimum atomic E-state index is 0.163. The van der Waals surface area contributed by atoms with E-state index in [4.69, 9.17) is 9.47 Å². The molecule has 2 aromatic rings. The number of benzene rings is 2. The van der Waals surface area contributed by atoms with Gasteiger partial charge in [-0.05, 0) is 35.7 Å². The van der Waals surface area contributed by atoms with Crippen LogP contribution in [0.25, 0.3) is 0 Å². The van der Waals surface area contributed by atoms with E-state index >= 15 is 0 Å². The number of nitrogens with one attached hydrogen (secondary N) is 1. The van der Waals surface area contributed by atoms with E-state index in [1.54, 1.807) is 14.2 Å². The van der Waals surface area contributed by atoms with Gasteiger partial charge >= 0.3 is 0 Å². The lowest BCUT2D eigenvalue weighted by Crippen LogP contribution is -3.11. The molecule has 29 heavy (non-hydrogen) atoms. The molecule has 2 aliphatic rings. The van der Waals surface area contributed by atoms with Gasteiger partial charge in [-0.25, -0.2) is 0 Å². The van der Waals surface area contributed by atoms with Crippen LogP contribution < -0.4 is 14.4 Å². The van der Waals surface area contributed by atoms with E-state index in [0.29, 0.717) is 5.91 Å². The van der Waals surface area contributed by atoms with Crippen LogP contribution in [0.4, 0.5) is 0 Å². The highest BCUT2D eigenvalue weighted by atomic mass is 16.5. The first-order valence-corrected chi connectivity index (χ1v) is 10.6. The van der Waals surface area contributed by atoms with Crippen LogP contribution in [-0.4, -0.2) is 44.7 Å². The number of carbonyl (C=O) groups is 1. The highest BCUT2D eigenvalue weighted by molar-refractivity contribution is 5.79. The number of likely N-dealkylation sites (tertiary alicyclic amines) is 1. The maximum Gasteiger partial charge on any atom is 0.226 e. The fourth-order valence-electron chi connectivity index (χ4n) is 4.68. The van der Waals surface area contributed by atoms with Crippen molar-refractivity contribution in [3.63, 3.8) is 0 Å². The summed E-state index contributed by atoms with van der Waals surface area (Å²) in [6.07, 6.45) is 2.89. The fraction of sp³-hybridized carbons (Fsp3) is 0.458. The average Bonchev–Trinajstić information content (AvgIpc) is 2.78. The molecule has 0 saturated carbocycles. The van der Waals surface area contributed by atoms with Crippen LogP contribution in [-0.2, 0) is 24.3 Å². The van der Waals surface area contributed by atoms with Crippen molar-refractivity contribution in [1.82, 2.24) is 4.90 Å². The van der Waals surface area contributed by atoms with Crippen LogP contribution in [0.3, 0.4) is 0 Å². The number of carbonyl (C=O) groups excluding carboxylic acids is 1. The molecule has 0 bridgehead atoms. The van der Waals surface area contributed by atoms with Gasteiger partial charge in [-0.2, -0.15) is 0 Å². The Balaban J connectivity index is 1.33. The quantitative estimate of drug-likeness (QED) is 0.843.